The smallest absolute Gasteiger partial charge is 0.221 e. The molecular weight excluding hydrogens is 323 g/mol. The lowest BCUT2D eigenvalue weighted by atomic mass is 10.1. The first-order valence-corrected chi connectivity index (χ1v) is 7.71. The van der Waals surface area contributed by atoms with Crippen LogP contribution in [0.2, 0.25) is 0 Å². The molecule has 1 rings (SSSR count). The molecule has 3 nitrogen and oxygen atoms in total. The van der Waals surface area contributed by atoms with E-state index in [1.54, 1.807) is 12.1 Å². The average Bonchev–Trinajstić information content (AvgIpc) is 2.41. The number of halogens is 2. The van der Waals surface area contributed by atoms with E-state index in [0.717, 1.165) is 10.9 Å². The summed E-state index contributed by atoms with van der Waals surface area (Å²) >= 11 is 3.33. The molecule has 0 saturated heterocycles. The van der Waals surface area contributed by atoms with Crippen LogP contribution in [0.5, 0.6) is 0 Å². The van der Waals surface area contributed by atoms with E-state index in [4.69, 9.17) is 0 Å². The third-order valence-corrected chi connectivity index (χ3v) is 3.74. The molecule has 5 heteroatoms. The molecule has 1 aromatic rings. The Labute approximate surface area is 128 Å². The van der Waals surface area contributed by atoms with Gasteiger partial charge in [0.25, 0.3) is 0 Å². The summed E-state index contributed by atoms with van der Waals surface area (Å²) in [4.78, 5) is 11.6. The molecule has 0 aromatic heterocycles. The summed E-state index contributed by atoms with van der Waals surface area (Å²) < 4.78 is 14.5. The second kappa shape index (κ2) is 8.37. The summed E-state index contributed by atoms with van der Waals surface area (Å²) in [6.07, 6.45) is 1.31. The minimum Gasteiger partial charge on any atom is -0.354 e. The van der Waals surface area contributed by atoms with Gasteiger partial charge in [-0.1, -0.05) is 22.9 Å². The molecule has 0 aliphatic heterocycles. The molecular formula is C15H22BrFN2O. The van der Waals surface area contributed by atoms with Crippen molar-refractivity contribution in [3.05, 3.63) is 34.1 Å². The van der Waals surface area contributed by atoms with E-state index in [0.29, 0.717) is 18.5 Å². The molecule has 0 fully saturated rings. The quantitative estimate of drug-likeness (QED) is 0.794. The Morgan fingerprint density at radius 2 is 2.10 bits per heavy atom. The van der Waals surface area contributed by atoms with E-state index in [-0.39, 0.29) is 23.8 Å². The lowest BCUT2D eigenvalue weighted by molar-refractivity contribution is -0.121. The molecule has 0 aliphatic rings. The van der Waals surface area contributed by atoms with E-state index in [1.807, 2.05) is 20.8 Å². The normalized spacial score (nSPS) is 13.8. The first-order valence-electron chi connectivity index (χ1n) is 6.91. The Morgan fingerprint density at radius 1 is 1.40 bits per heavy atom. The Bertz CT molecular complexity index is 453. The molecule has 20 heavy (non-hydrogen) atoms. The highest BCUT2D eigenvalue weighted by Gasteiger charge is 2.12. The van der Waals surface area contributed by atoms with E-state index in [9.17, 15) is 9.18 Å². The van der Waals surface area contributed by atoms with Crippen LogP contribution in [-0.4, -0.2) is 18.5 Å². The van der Waals surface area contributed by atoms with E-state index >= 15 is 0 Å². The maximum Gasteiger partial charge on any atom is 0.221 e. The van der Waals surface area contributed by atoms with Crippen LogP contribution in [0.3, 0.4) is 0 Å². The van der Waals surface area contributed by atoms with Gasteiger partial charge in [0, 0.05) is 35.1 Å². The van der Waals surface area contributed by atoms with Crippen molar-refractivity contribution in [2.75, 3.05) is 6.54 Å². The third-order valence-electron chi connectivity index (χ3n) is 3.25. The van der Waals surface area contributed by atoms with E-state index < -0.39 is 0 Å². The van der Waals surface area contributed by atoms with E-state index in [2.05, 4.69) is 26.6 Å². The van der Waals surface area contributed by atoms with Crippen molar-refractivity contribution >= 4 is 21.8 Å². The van der Waals surface area contributed by atoms with Crippen LogP contribution < -0.4 is 10.6 Å². The van der Waals surface area contributed by atoms with Crippen LogP contribution in [0, 0.1) is 5.82 Å². The molecule has 0 radical (unpaired) electrons. The molecule has 0 heterocycles. The fourth-order valence-electron chi connectivity index (χ4n) is 1.81. The van der Waals surface area contributed by atoms with Crippen LogP contribution >= 0.6 is 15.9 Å². The monoisotopic (exact) mass is 344 g/mol. The van der Waals surface area contributed by atoms with Gasteiger partial charge >= 0.3 is 0 Å². The van der Waals surface area contributed by atoms with Gasteiger partial charge in [0.2, 0.25) is 5.91 Å². The van der Waals surface area contributed by atoms with Crippen LogP contribution in [-0.2, 0) is 4.79 Å². The van der Waals surface area contributed by atoms with Crippen LogP contribution in [0.1, 0.15) is 45.2 Å². The molecule has 2 unspecified atom stereocenters. The minimum atomic E-state index is -0.239. The first kappa shape index (κ1) is 17.1. The highest BCUT2D eigenvalue weighted by atomic mass is 79.9. The maximum absolute atomic E-state index is 13.7. The van der Waals surface area contributed by atoms with Gasteiger partial charge in [0.1, 0.15) is 5.82 Å². The average molecular weight is 345 g/mol. The Morgan fingerprint density at radius 3 is 2.75 bits per heavy atom. The highest BCUT2D eigenvalue weighted by molar-refractivity contribution is 9.10. The van der Waals surface area contributed by atoms with Crippen molar-refractivity contribution < 1.29 is 9.18 Å². The Hall–Kier alpha value is -0.940. The van der Waals surface area contributed by atoms with Crippen LogP contribution in [0.15, 0.2) is 22.7 Å². The number of carbonyl (C=O) groups is 1. The number of hydrogen-bond donors (Lipinski definition) is 2. The molecule has 2 atom stereocenters. The minimum absolute atomic E-state index is 0.0220. The number of amides is 1. The van der Waals surface area contributed by atoms with Crippen LogP contribution in [0.25, 0.3) is 0 Å². The summed E-state index contributed by atoms with van der Waals surface area (Å²) in [5, 5.41) is 6.07. The lowest BCUT2D eigenvalue weighted by Gasteiger charge is -2.16. The van der Waals surface area contributed by atoms with Gasteiger partial charge < -0.3 is 10.6 Å². The number of benzene rings is 1. The zero-order valence-corrected chi connectivity index (χ0v) is 13.8. The number of rotatable bonds is 7. The molecule has 1 aromatic carbocycles. The number of carbonyl (C=O) groups excluding carboxylic acids is 1. The first-order chi connectivity index (χ1) is 9.43. The van der Waals surface area contributed by atoms with Gasteiger partial charge in [-0.05, 0) is 38.5 Å². The lowest BCUT2D eigenvalue weighted by Crippen LogP contribution is -2.34. The second-order valence-corrected chi connectivity index (χ2v) is 5.88. The molecule has 1 amide bonds. The summed E-state index contributed by atoms with van der Waals surface area (Å²) in [5.74, 6) is -0.217. The summed E-state index contributed by atoms with van der Waals surface area (Å²) in [5.41, 5.74) is 0.599. The van der Waals surface area contributed by atoms with Crippen molar-refractivity contribution in [1.29, 1.82) is 0 Å². The van der Waals surface area contributed by atoms with Crippen molar-refractivity contribution in [3.63, 3.8) is 0 Å². The Kier molecular flexibility index (Phi) is 7.16. The SMILES string of the molecule is CCC(C)NC(=O)CCNC(C)c1cc(Br)ccc1F. The largest absolute Gasteiger partial charge is 0.354 e. The fraction of sp³-hybridized carbons (Fsp3) is 0.533. The summed E-state index contributed by atoms with van der Waals surface area (Å²) in [6.45, 7) is 6.42. The molecule has 2 N–H and O–H groups in total. The molecule has 0 saturated carbocycles. The van der Waals surface area contributed by atoms with Gasteiger partial charge in [-0.2, -0.15) is 0 Å². The number of hydrogen-bond acceptors (Lipinski definition) is 2. The topological polar surface area (TPSA) is 41.1 Å². The third kappa shape index (κ3) is 5.59. The molecule has 0 bridgehead atoms. The van der Waals surface area contributed by atoms with Crippen molar-refractivity contribution in [2.24, 2.45) is 0 Å². The summed E-state index contributed by atoms with van der Waals surface area (Å²) in [7, 11) is 0. The van der Waals surface area contributed by atoms with Crippen molar-refractivity contribution in [1.82, 2.24) is 10.6 Å². The zero-order valence-electron chi connectivity index (χ0n) is 12.2. The standard InChI is InChI=1S/C15H22BrFN2O/c1-4-10(2)19-15(20)7-8-18-11(3)13-9-12(16)5-6-14(13)17/h5-6,9-11,18H,4,7-8H2,1-3H3,(H,19,20). The molecule has 112 valence electrons. The Balaban J connectivity index is 2.42. The second-order valence-electron chi connectivity index (χ2n) is 4.97. The number of nitrogens with one attached hydrogen (secondary N) is 2. The predicted octanol–water partition coefficient (Wildman–Crippen LogP) is 3.54. The molecule has 0 aliphatic carbocycles. The maximum atomic E-state index is 13.7. The van der Waals surface area contributed by atoms with Crippen molar-refractivity contribution in [3.8, 4) is 0 Å². The van der Waals surface area contributed by atoms with Gasteiger partial charge in [0.15, 0.2) is 0 Å². The fourth-order valence-corrected chi connectivity index (χ4v) is 2.19. The van der Waals surface area contributed by atoms with Crippen molar-refractivity contribution in [2.45, 2.75) is 45.7 Å². The molecule has 0 spiro atoms. The summed E-state index contributed by atoms with van der Waals surface area (Å²) in [6, 6.07) is 4.93. The van der Waals surface area contributed by atoms with Gasteiger partial charge in [-0.3, -0.25) is 4.79 Å². The van der Waals surface area contributed by atoms with Gasteiger partial charge in [-0.15, -0.1) is 0 Å². The van der Waals surface area contributed by atoms with Gasteiger partial charge in [-0.25, -0.2) is 4.39 Å². The van der Waals surface area contributed by atoms with Gasteiger partial charge in [0.05, 0.1) is 0 Å². The predicted molar refractivity (Wildman–Crippen MR) is 83.0 cm³/mol. The highest BCUT2D eigenvalue weighted by Crippen LogP contribution is 2.21. The van der Waals surface area contributed by atoms with E-state index in [1.165, 1.54) is 6.07 Å². The zero-order chi connectivity index (χ0) is 15.1. The van der Waals surface area contributed by atoms with Crippen LogP contribution in [0.4, 0.5) is 4.39 Å².